The van der Waals surface area contributed by atoms with E-state index >= 15 is 0 Å². The predicted octanol–water partition coefficient (Wildman–Crippen LogP) is 4.08. The molecule has 26 heavy (non-hydrogen) atoms. The number of aromatic nitrogens is 2. The Balaban J connectivity index is 1.72. The van der Waals surface area contributed by atoms with Gasteiger partial charge in [0, 0.05) is 25.2 Å². The maximum Gasteiger partial charge on any atom is 0.272 e. The first-order chi connectivity index (χ1) is 12.7. The molecule has 0 aliphatic rings. The fraction of sp³-hybridized carbons (Fsp3) is 0.333. The van der Waals surface area contributed by atoms with Gasteiger partial charge in [-0.05, 0) is 44.4 Å². The van der Waals surface area contributed by atoms with Crippen molar-refractivity contribution in [1.29, 1.82) is 0 Å². The zero-order chi connectivity index (χ0) is 18.4. The molecule has 3 aromatic rings. The molecular formula is C21H25N3O2. The van der Waals surface area contributed by atoms with Crippen molar-refractivity contribution < 1.29 is 9.21 Å². The number of hydrogen-bond donors (Lipinski definition) is 0. The number of rotatable bonds is 8. The molecule has 5 nitrogen and oxygen atoms in total. The second-order valence-electron chi connectivity index (χ2n) is 6.43. The largest absolute Gasteiger partial charge is 0.472 e. The Kier molecular flexibility index (Phi) is 5.89. The molecule has 0 fully saturated rings. The molecule has 0 spiro atoms. The van der Waals surface area contributed by atoms with Gasteiger partial charge in [-0.15, -0.1) is 0 Å². The van der Waals surface area contributed by atoms with E-state index in [1.54, 1.807) is 17.2 Å². The molecule has 0 saturated heterocycles. The van der Waals surface area contributed by atoms with E-state index in [1.165, 1.54) is 5.56 Å². The normalized spacial score (nSPS) is 10.8. The third-order valence-electron chi connectivity index (χ3n) is 4.40. The average Bonchev–Trinajstić information content (AvgIpc) is 3.30. The zero-order valence-electron chi connectivity index (χ0n) is 15.4. The number of furan rings is 1. The molecule has 0 atom stereocenters. The Hall–Kier alpha value is -2.82. The molecule has 0 N–H and O–H groups in total. The van der Waals surface area contributed by atoms with Crippen LogP contribution in [0.5, 0.6) is 0 Å². The molecule has 0 aliphatic heterocycles. The van der Waals surface area contributed by atoms with Crippen molar-refractivity contribution in [1.82, 2.24) is 14.7 Å². The van der Waals surface area contributed by atoms with Gasteiger partial charge >= 0.3 is 0 Å². The summed E-state index contributed by atoms with van der Waals surface area (Å²) >= 11 is 0. The minimum absolute atomic E-state index is 0.0155. The molecule has 3 rings (SSSR count). The van der Waals surface area contributed by atoms with E-state index in [9.17, 15) is 4.79 Å². The Morgan fingerprint density at radius 1 is 1.19 bits per heavy atom. The van der Waals surface area contributed by atoms with E-state index in [0.717, 1.165) is 24.1 Å². The third kappa shape index (κ3) is 4.42. The second kappa shape index (κ2) is 8.52. The van der Waals surface area contributed by atoms with Crippen LogP contribution in [-0.4, -0.2) is 27.1 Å². The molecule has 0 bridgehead atoms. The molecule has 5 heteroatoms. The molecule has 136 valence electrons. The number of nitrogens with zero attached hydrogens (tertiary/aromatic N) is 3. The van der Waals surface area contributed by atoms with E-state index in [4.69, 9.17) is 4.42 Å². The summed E-state index contributed by atoms with van der Waals surface area (Å²) in [6.45, 7) is 5.82. The first kappa shape index (κ1) is 18.0. The minimum atomic E-state index is 0.0155. The monoisotopic (exact) mass is 351 g/mol. The SMILES string of the molecule is CCn1nc(C)cc1C(=O)N(CCCc1ccccc1)Cc1ccoc1. The van der Waals surface area contributed by atoms with Crippen molar-refractivity contribution in [2.75, 3.05) is 6.54 Å². The van der Waals surface area contributed by atoms with Crippen LogP contribution < -0.4 is 0 Å². The first-order valence-electron chi connectivity index (χ1n) is 9.06. The van der Waals surface area contributed by atoms with Gasteiger partial charge in [-0.3, -0.25) is 9.48 Å². The Morgan fingerprint density at radius 3 is 2.69 bits per heavy atom. The van der Waals surface area contributed by atoms with Gasteiger partial charge in [0.25, 0.3) is 5.91 Å². The summed E-state index contributed by atoms with van der Waals surface area (Å²) in [5.74, 6) is 0.0155. The van der Waals surface area contributed by atoms with Crippen LogP contribution >= 0.6 is 0 Å². The van der Waals surface area contributed by atoms with Crippen LogP contribution in [0.2, 0.25) is 0 Å². The summed E-state index contributed by atoms with van der Waals surface area (Å²) in [4.78, 5) is 15.0. The van der Waals surface area contributed by atoms with Crippen molar-refractivity contribution in [3.63, 3.8) is 0 Å². The molecule has 1 aromatic carbocycles. The van der Waals surface area contributed by atoms with Crippen molar-refractivity contribution in [3.8, 4) is 0 Å². The number of carbonyl (C=O) groups is 1. The van der Waals surface area contributed by atoms with Gasteiger partial charge in [0.15, 0.2) is 0 Å². The van der Waals surface area contributed by atoms with Gasteiger partial charge < -0.3 is 9.32 Å². The predicted molar refractivity (Wildman–Crippen MR) is 101 cm³/mol. The van der Waals surface area contributed by atoms with Gasteiger partial charge in [0.05, 0.1) is 18.2 Å². The van der Waals surface area contributed by atoms with Crippen molar-refractivity contribution in [3.05, 3.63) is 77.5 Å². The minimum Gasteiger partial charge on any atom is -0.472 e. The quantitative estimate of drug-likeness (QED) is 0.614. The molecule has 1 amide bonds. The van der Waals surface area contributed by atoms with Crippen LogP contribution in [0.4, 0.5) is 0 Å². The van der Waals surface area contributed by atoms with Crippen LogP contribution in [-0.2, 0) is 19.5 Å². The highest BCUT2D eigenvalue weighted by atomic mass is 16.3. The van der Waals surface area contributed by atoms with Crippen LogP contribution in [0, 0.1) is 6.92 Å². The van der Waals surface area contributed by atoms with E-state index in [-0.39, 0.29) is 5.91 Å². The molecule has 0 radical (unpaired) electrons. The topological polar surface area (TPSA) is 51.3 Å². The smallest absolute Gasteiger partial charge is 0.272 e. The number of benzene rings is 1. The van der Waals surface area contributed by atoms with Crippen molar-refractivity contribution in [2.45, 2.75) is 39.8 Å². The maximum absolute atomic E-state index is 13.1. The lowest BCUT2D eigenvalue weighted by atomic mass is 10.1. The van der Waals surface area contributed by atoms with E-state index < -0.39 is 0 Å². The highest BCUT2D eigenvalue weighted by Crippen LogP contribution is 2.14. The second-order valence-corrected chi connectivity index (χ2v) is 6.43. The van der Waals surface area contributed by atoms with Gasteiger partial charge in [0.1, 0.15) is 5.69 Å². The molecule has 0 aliphatic carbocycles. The maximum atomic E-state index is 13.1. The third-order valence-corrected chi connectivity index (χ3v) is 4.40. The average molecular weight is 351 g/mol. The lowest BCUT2D eigenvalue weighted by Crippen LogP contribution is -2.33. The van der Waals surface area contributed by atoms with Crippen molar-refractivity contribution >= 4 is 5.91 Å². The van der Waals surface area contributed by atoms with Gasteiger partial charge in [0.2, 0.25) is 0 Å². The van der Waals surface area contributed by atoms with Crippen LogP contribution in [0.15, 0.2) is 59.4 Å². The standard InChI is InChI=1S/C21H25N3O2/c1-3-24-20(14-17(2)22-24)21(25)23(15-19-11-13-26-16-19)12-7-10-18-8-5-4-6-9-18/h4-6,8-9,11,13-14,16H,3,7,10,12,15H2,1-2H3. The fourth-order valence-corrected chi connectivity index (χ4v) is 3.09. The van der Waals surface area contributed by atoms with E-state index in [0.29, 0.717) is 25.3 Å². The van der Waals surface area contributed by atoms with E-state index in [2.05, 4.69) is 17.2 Å². The molecule has 0 unspecified atom stereocenters. The van der Waals surface area contributed by atoms with Crippen LogP contribution in [0.3, 0.4) is 0 Å². The lowest BCUT2D eigenvalue weighted by Gasteiger charge is -2.22. The van der Waals surface area contributed by atoms with Crippen LogP contribution in [0.25, 0.3) is 0 Å². The van der Waals surface area contributed by atoms with E-state index in [1.807, 2.05) is 49.1 Å². The lowest BCUT2D eigenvalue weighted by molar-refractivity contribution is 0.0728. The number of hydrogen-bond acceptors (Lipinski definition) is 3. The molecule has 0 saturated carbocycles. The highest BCUT2D eigenvalue weighted by Gasteiger charge is 2.20. The summed E-state index contributed by atoms with van der Waals surface area (Å²) in [6, 6.07) is 14.1. The molecule has 2 heterocycles. The summed E-state index contributed by atoms with van der Waals surface area (Å²) in [5, 5.41) is 4.41. The molecular weight excluding hydrogens is 326 g/mol. The van der Waals surface area contributed by atoms with Crippen molar-refractivity contribution in [2.24, 2.45) is 0 Å². The highest BCUT2D eigenvalue weighted by molar-refractivity contribution is 5.92. The number of aryl methyl sites for hydroxylation is 3. The summed E-state index contributed by atoms with van der Waals surface area (Å²) < 4.78 is 6.94. The van der Waals surface area contributed by atoms with Crippen LogP contribution in [0.1, 0.15) is 40.7 Å². The number of carbonyl (C=O) groups excluding carboxylic acids is 1. The van der Waals surface area contributed by atoms with Gasteiger partial charge in [-0.1, -0.05) is 30.3 Å². The molecule has 2 aromatic heterocycles. The Labute approximate surface area is 154 Å². The summed E-state index contributed by atoms with van der Waals surface area (Å²) in [7, 11) is 0. The number of amides is 1. The van der Waals surface area contributed by atoms with Gasteiger partial charge in [-0.25, -0.2) is 0 Å². The Bertz CT molecular complexity index is 822. The Morgan fingerprint density at radius 2 is 2.00 bits per heavy atom. The fourth-order valence-electron chi connectivity index (χ4n) is 3.09. The first-order valence-corrected chi connectivity index (χ1v) is 9.06. The van der Waals surface area contributed by atoms with Gasteiger partial charge in [-0.2, -0.15) is 5.10 Å². The summed E-state index contributed by atoms with van der Waals surface area (Å²) in [6.07, 6.45) is 5.19. The zero-order valence-corrected chi connectivity index (χ0v) is 15.4. The summed E-state index contributed by atoms with van der Waals surface area (Å²) in [5.41, 5.74) is 3.80.